The second-order valence-electron chi connectivity index (χ2n) is 5.95. The summed E-state index contributed by atoms with van der Waals surface area (Å²) in [5, 5.41) is 2.20. The molecule has 1 heterocycles. The maximum Gasteiger partial charge on any atom is 0.335 e. The van der Waals surface area contributed by atoms with Crippen LogP contribution in [0, 0.1) is 0 Å². The van der Waals surface area contributed by atoms with Crippen molar-refractivity contribution in [1.29, 1.82) is 0 Å². The van der Waals surface area contributed by atoms with Gasteiger partial charge in [-0.25, -0.2) is 17.9 Å². The average molecular weight is 423 g/mol. The second-order valence-corrected chi connectivity index (χ2v) is 7.67. The highest BCUT2D eigenvalue weighted by Crippen LogP contribution is 2.17. The van der Waals surface area contributed by atoms with Crippen molar-refractivity contribution >= 4 is 27.9 Å². The maximum atomic E-state index is 12.4. The standard InChI is InChI=1S/C17H21N5O6S/c1-22(2)15(23)12-8-6-5-7-11(12)10-29(25,26)21-17(24)20-16-18-13(27-3)9-14(19-16)28-4/h5-9H,10H2,1-4H3,(H2,18,19,20,21,24). The van der Waals surface area contributed by atoms with Crippen molar-refractivity contribution in [2.24, 2.45) is 0 Å². The summed E-state index contributed by atoms with van der Waals surface area (Å²) in [4.78, 5) is 33.4. The highest BCUT2D eigenvalue weighted by atomic mass is 32.2. The van der Waals surface area contributed by atoms with Gasteiger partial charge in [0.25, 0.3) is 5.91 Å². The monoisotopic (exact) mass is 423 g/mol. The van der Waals surface area contributed by atoms with Gasteiger partial charge in [-0.2, -0.15) is 9.97 Å². The number of hydrogen-bond donors (Lipinski definition) is 2. The van der Waals surface area contributed by atoms with E-state index in [1.54, 1.807) is 26.2 Å². The van der Waals surface area contributed by atoms with Crippen molar-refractivity contribution < 1.29 is 27.5 Å². The molecule has 1 aromatic carbocycles. The summed E-state index contributed by atoms with van der Waals surface area (Å²) in [6.45, 7) is 0. The predicted molar refractivity (Wildman–Crippen MR) is 104 cm³/mol. The van der Waals surface area contributed by atoms with Crippen molar-refractivity contribution in [1.82, 2.24) is 19.6 Å². The molecule has 0 atom stereocenters. The first kappa shape index (κ1) is 21.9. The Morgan fingerprint density at radius 2 is 1.66 bits per heavy atom. The molecule has 0 saturated carbocycles. The third kappa shape index (κ3) is 6.04. The predicted octanol–water partition coefficient (Wildman–Crippen LogP) is 0.847. The Kier molecular flexibility index (Phi) is 6.93. The van der Waals surface area contributed by atoms with Crippen LogP contribution in [0.25, 0.3) is 0 Å². The van der Waals surface area contributed by atoms with E-state index in [2.05, 4.69) is 15.3 Å². The van der Waals surface area contributed by atoms with E-state index in [0.717, 1.165) is 0 Å². The second kappa shape index (κ2) is 9.19. The van der Waals surface area contributed by atoms with Gasteiger partial charge in [-0.3, -0.25) is 10.1 Å². The lowest BCUT2D eigenvalue weighted by atomic mass is 10.1. The third-order valence-electron chi connectivity index (χ3n) is 3.57. The number of anilines is 1. The lowest BCUT2D eigenvalue weighted by Gasteiger charge is -2.14. The average Bonchev–Trinajstić information content (AvgIpc) is 2.66. The van der Waals surface area contributed by atoms with Gasteiger partial charge in [-0.1, -0.05) is 18.2 Å². The Bertz CT molecular complexity index is 987. The van der Waals surface area contributed by atoms with Crippen molar-refractivity contribution in [3.8, 4) is 11.8 Å². The number of methoxy groups -OCH3 is 2. The normalized spacial score (nSPS) is 10.8. The maximum absolute atomic E-state index is 12.4. The zero-order valence-corrected chi connectivity index (χ0v) is 17.1. The molecule has 2 N–H and O–H groups in total. The Morgan fingerprint density at radius 1 is 1.07 bits per heavy atom. The minimum Gasteiger partial charge on any atom is -0.481 e. The van der Waals surface area contributed by atoms with E-state index in [0.29, 0.717) is 0 Å². The molecule has 0 aliphatic heterocycles. The molecule has 0 fully saturated rings. The Hall–Kier alpha value is -3.41. The molecule has 0 saturated heterocycles. The van der Waals surface area contributed by atoms with E-state index in [1.165, 1.54) is 37.3 Å². The van der Waals surface area contributed by atoms with Gasteiger partial charge >= 0.3 is 6.03 Å². The van der Waals surface area contributed by atoms with Crippen LogP contribution in [0.3, 0.4) is 0 Å². The first-order valence-corrected chi connectivity index (χ1v) is 9.88. The van der Waals surface area contributed by atoms with Gasteiger partial charge < -0.3 is 14.4 Å². The summed E-state index contributed by atoms with van der Waals surface area (Å²) in [7, 11) is 1.72. The van der Waals surface area contributed by atoms with Gasteiger partial charge in [-0.15, -0.1) is 0 Å². The van der Waals surface area contributed by atoms with Crippen LogP contribution in [0.4, 0.5) is 10.7 Å². The molecule has 3 amide bonds. The van der Waals surface area contributed by atoms with E-state index < -0.39 is 21.8 Å². The number of urea groups is 1. The number of carbonyl (C=O) groups is 2. The largest absolute Gasteiger partial charge is 0.481 e. The Balaban J connectivity index is 2.14. The number of aromatic nitrogens is 2. The smallest absolute Gasteiger partial charge is 0.335 e. The minimum atomic E-state index is -4.12. The zero-order chi connectivity index (χ0) is 21.6. The number of sulfonamides is 1. The van der Waals surface area contributed by atoms with Crippen molar-refractivity contribution in [2.75, 3.05) is 33.6 Å². The van der Waals surface area contributed by atoms with Crippen molar-refractivity contribution in [3.05, 3.63) is 41.5 Å². The van der Waals surface area contributed by atoms with Gasteiger partial charge in [0.05, 0.1) is 26.0 Å². The highest BCUT2D eigenvalue weighted by molar-refractivity contribution is 7.89. The van der Waals surface area contributed by atoms with E-state index in [4.69, 9.17) is 9.47 Å². The summed E-state index contributed by atoms with van der Waals surface area (Å²) in [6.07, 6.45) is 0. The van der Waals surface area contributed by atoms with Crippen LogP contribution >= 0.6 is 0 Å². The number of amides is 3. The topological polar surface area (TPSA) is 140 Å². The third-order valence-corrected chi connectivity index (χ3v) is 4.76. The molecule has 12 heteroatoms. The van der Waals surface area contributed by atoms with Crippen LogP contribution in [0.2, 0.25) is 0 Å². The van der Waals surface area contributed by atoms with E-state index >= 15 is 0 Å². The Morgan fingerprint density at radius 3 is 2.21 bits per heavy atom. The van der Waals surface area contributed by atoms with Crippen LogP contribution in [0.5, 0.6) is 11.8 Å². The molecule has 2 aromatic rings. The molecule has 156 valence electrons. The molecule has 11 nitrogen and oxygen atoms in total. The van der Waals surface area contributed by atoms with Crippen LogP contribution < -0.4 is 19.5 Å². The first-order chi connectivity index (χ1) is 13.6. The quantitative estimate of drug-likeness (QED) is 0.668. The number of benzene rings is 1. The van der Waals surface area contributed by atoms with Gasteiger partial charge in [0.2, 0.25) is 27.7 Å². The summed E-state index contributed by atoms with van der Waals surface area (Å²) in [5.41, 5.74) is 0.481. The number of nitrogens with zero attached hydrogens (tertiary/aromatic N) is 3. The Labute approximate surface area is 168 Å². The molecular weight excluding hydrogens is 402 g/mol. The van der Waals surface area contributed by atoms with E-state index in [9.17, 15) is 18.0 Å². The van der Waals surface area contributed by atoms with Gasteiger partial charge in [0, 0.05) is 19.7 Å². The van der Waals surface area contributed by atoms with Gasteiger partial charge in [-0.05, 0) is 11.6 Å². The fraction of sp³-hybridized carbons (Fsp3) is 0.294. The summed E-state index contributed by atoms with van der Waals surface area (Å²) >= 11 is 0. The molecular formula is C17H21N5O6S. The number of carbonyl (C=O) groups excluding carboxylic acids is 2. The molecule has 0 radical (unpaired) electrons. The fourth-order valence-electron chi connectivity index (χ4n) is 2.27. The molecule has 0 unspecified atom stereocenters. The van der Waals surface area contributed by atoms with Crippen LogP contribution in [-0.2, 0) is 15.8 Å². The van der Waals surface area contributed by atoms with Crippen LogP contribution in [0.1, 0.15) is 15.9 Å². The number of rotatable bonds is 7. The highest BCUT2D eigenvalue weighted by Gasteiger charge is 2.21. The number of ether oxygens (including phenoxy) is 2. The summed E-state index contributed by atoms with van der Waals surface area (Å²) < 4.78 is 36.6. The fourth-order valence-corrected chi connectivity index (χ4v) is 3.34. The number of nitrogens with one attached hydrogen (secondary N) is 2. The summed E-state index contributed by atoms with van der Waals surface area (Å²) in [6, 6.07) is 6.57. The SMILES string of the molecule is COc1cc(OC)nc(NC(=O)NS(=O)(=O)Cc2ccccc2C(=O)N(C)C)n1. The van der Waals surface area contributed by atoms with Crippen molar-refractivity contribution in [3.63, 3.8) is 0 Å². The molecule has 0 bridgehead atoms. The van der Waals surface area contributed by atoms with E-state index in [1.807, 2.05) is 4.72 Å². The van der Waals surface area contributed by atoms with Crippen molar-refractivity contribution in [2.45, 2.75) is 5.75 Å². The summed E-state index contributed by atoms with van der Waals surface area (Å²) in [5.74, 6) is -0.898. The van der Waals surface area contributed by atoms with Crippen LogP contribution in [-0.4, -0.2) is 63.5 Å². The lowest BCUT2D eigenvalue weighted by Crippen LogP contribution is -2.36. The molecule has 29 heavy (non-hydrogen) atoms. The van der Waals surface area contributed by atoms with Gasteiger partial charge in [0.15, 0.2) is 0 Å². The van der Waals surface area contributed by atoms with Gasteiger partial charge in [0.1, 0.15) is 0 Å². The minimum absolute atomic E-state index is 0.117. The lowest BCUT2D eigenvalue weighted by molar-refractivity contribution is 0.0827. The van der Waals surface area contributed by atoms with Crippen LogP contribution in [0.15, 0.2) is 30.3 Å². The number of hydrogen-bond acceptors (Lipinski definition) is 8. The molecule has 0 aliphatic rings. The first-order valence-electron chi connectivity index (χ1n) is 8.23. The zero-order valence-electron chi connectivity index (χ0n) is 16.3. The molecule has 0 spiro atoms. The molecule has 2 rings (SSSR count). The van der Waals surface area contributed by atoms with E-state index in [-0.39, 0.29) is 34.7 Å². The molecule has 0 aliphatic carbocycles. The molecule has 1 aromatic heterocycles.